The fourth-order valence-electron chi connectivity index (χ4n) is 3.38. The van der Waals surface area contributed by atoms with Crippen LogP contribution in [0.15, 0.2) is 65.6 Å². The first kappa shape index (κ1) is 24.1. The van der Waals surface area contributed by atoms with E-state index >= 15 is 0 Å². The Morgan fingerprint density at radius 3 is 2.30 bits per heavy atom. The van der Waals surface area contributed by atoms with Crippen LogP contribution >= 0.6 is 0 Å². The van der Waals surface area contributed by atoms with Crippen molar-refractivity contribution in [2.24, 2.45) is 0 Å². The number of amides is 1. The Morgan fingerprint density at radius 1 is 0.879 bits per heavy atom. The van der Waals surface area contributed by atoms with E-state index in [4.69, 9.17) is 9.47 Å². The lowest BCUT2D eigenvalue weighted by Gasteiger charge is -2.14. The molecule has 0 radical (unpaired) electrons. The lowest BCUT2D eigenvalue weighted by molar-refractivity contribution is 0.0954. The molecular formula is C25H28N2O5S. The van der Waals surface area contributed by atoms with Gasteiger partial charge in [0.2, 0.25) is 0 Å². The van der Waals surface area contributed by atoms with Gasteiger partial charge in [0.05, 0.1) is 24.8 Å². The van der Waals surface area contributed by atoms with E-state index in [-0.39, 0.29) is 16.4 Å². The monoisotopic (exact) mass is 468 g/mol. The van der Waals surface area contributed by atoms with Gasteiger partial charge in [0, 0.05) is 12.1 Å². The number of carbonyl (C=O) groups is 1. The van der Waals surface area contributed by atoms with Gasteiger partial charge >= 0.3 is 0 Å². The molecule has 0 fully saturated rings. The van der Waals surface area contributed by atoms with Gasteiger partial charge in [-0.2, -0.15) is 0 Å². The number of sulfonamides is 1. The fraction of sp³-hybridized carbons (Fsp3) is 0.240. The zero-order valence-corrected chi connectivity index (χ0v) is 20.0. The first-order valence-corrected chi connectivity index (χ1v) is 11.9. The molecule has 0 aliphatic rings. The normalized spacial score (nSPS) is 11.0. The number of hydrogen-bond acceptors (Lipinski definition) is 5. The molecule has 0 bridgehead atoms. The molecule has 33 heavy (non-hydrogen) atoms. The Bertz CT molecular complexity index is 1260. The number of para-hydroxylation sites is 1. The van der Waals surface area contributed by atoms with E-state index in [0.717, 1.165) is 11.1 Å². The van der Waals surface area contributed by atoms with Crippen LogP contribution in [-0.4, -0.2) is 35.1 Å². The van der Waals surface area contributed by atoms with Gasteiger partial charge in [-0.05, 0) is 67.3 Å². The predicted molar refractivity (Wildman–Crippen MR) is 129 cm³/mol. The fourth-order valence-corrected chi connectivity index (χ4v) is 4.78. The summed E-state index contributed by atoms with van der Waals surface area (Å²) >= 11 is 0. The minimum absolute atomic E-state index is 0.0679. The maximum atomic E-state index is 13.0. The van der Waals surface area contributed by atoms with Crippen LogP contribution in [0.25, 0.3) is 0 Å². The highest BCUT2D eigenvalue weighted by Gasteiger charge is 2.20. The van der Waals surface area contributed by atoms with Crippen LogP contribution in [0, 0.1) is 13.8 Å². The molecule has 0 saturated heterocycles. The lowest BCUT2D eigenvalue weighted by Crippen LogP contribution is -2.26. The van der Waals surface area contributed by atoms with Gasteiger partial charge in [-0.15, -0.1) is 0 Å². The van der Waals surface area contributed by atoms with Crippen molar-refractivity contribution in [3.05, 3.63) is 82.9 Å². The molecule has 3 aromatic carbocycles. The van der Waals surface area contributed by atoms with Crippen LogP contribution < -0.4 is 19.5 Å². The van der Waals surface area contributed by atoms with Gasteiger partial charge in [0.1, 0.15) is 0 Å². The second-order valence-electron chi connectivity index (χ2n) is 7.60. The average molecular weight is 469 g/mol. The Morgan fingerprint density at radius 2 is 1.61 bits per heavy atom. The van der Waals surface area contributed by atoms with Crippen LogP contribution in [0.5, 0.6) is 11.5 Å². The Labute approximate surface area is 194 Å². The third-order valence-electron chi connectivity index (χ3n) is 5.28. The van der Waals surface area contributed by atoms with Crippen LogP contribution in [0.3, 0.4) is 0 Å². The molecule has 0 aliphatic carbocycles. The van der Waals surface area contributed by atoms with Gasteiger partial charge < -0.3 is 14.8 Å². The number of carbonyl (C=O) groups excluding carboxylic acids is 1. The molecule has 2 N–H and O–H groups in total. The van der Waals surface area contributed by atoms with Gasteiger partial charge in [-0.1, -0.05) is 30.3 Å². The number of ether oxygens (including phenoxy) is 2. The largest absolute Gasteiger partial charge is 0.493 e. The zero-order valence-electron chi connectivity index (χ0n) is 19.1. The molecule has 0 spiro atoms. The third kappa shape index (κ3) is 5.84. The van der Waals surface area contributed by atoms with Crippen molar-refractivity contribution in [2.45, 2.75) is 25.2 Å². The lowest BCUT2D eigenvalue weighted by atomic mass is 10.1. The second kappa shape index (κ2) is 10.4. The molecule has 0 atom stereocenters. The Balaban J connectivity index is 1.71. The summed E-state index contributed by atoms with van der Waals surface area (Å²) in [6, 6.07) is 17.4. The molecule has 0 unspecified atom stereocenters. The molecule has 8 heteroatoms. The maximum Gasteiger partial charge on any atom is 0.262 e. The minimum Gasteiger partial charge on any atom is -0.493 e. The number of benzene rings is 3. The van der Waals surface area contributed by atoms with Crippen molar-refractivity contribution < 1.29 is 22.7 Å². The summed E-state index contributed by atoms with van der Waals surface area (Å²) in [6.45, 7) is 3.91. The minimum atomic E-state index is -3.86. The van der Waals surface area contributed by atoms with Crippen molar-refractivity contribution in [3.8, 4) is 11.5 Å². The quantitative estimate of drug-likeness (QED) is 0.493. The van der Waals surface area contributed by atoms with Gasteiger partial charge in [0.15, 0.2) is 11.5 Å². The molecule has 0 heterocycles. The zero-order chi connectivity index (χ0) is 24.0. The van der Waals surface area contributed by atoms with Crippen LogP contribution in [0.2, 0.25) is 0 Å². The van der Waals surface area contributed by atoms with Crippen molar-refractivity contribution >= 4 is 21.6 Å². The highest BCUT2D eigenvalue weighted by Crippen LogP contribution is 2.27. The molecule has 1 amide bonds. The molecule has 0 aromatic heterocycles. The molecular weight excluding hydrogens is 440 g/mol. The van der Waals surface area contributed by atoms with Crippen LogP contribution in [-0.2, 0) is 16.4 Å². The van der Waals surface area contributed by atoms with Crippen LogP contribution in [0.4, 0.5) is 5.69 Å². The highest BCUT2D eigenvalue weighted by atomic mass is 32.2. The number of methoxy groups -OCH3 is 2. The predicted octanol–water partition coefficient (Wildman–Crippen LogP) is 4.09. The number of anilines is 1. The molecule has 3 rings (SSSR count). The number of rotatable bonds is 9. The van der Waals surface area contributed by atoms with Crippen molar-refractivity contribution in [2.75, 3.05) is 25.5 Å². The average Bonchev–Trinajstić information content (AvgIpc) is 2.80. The van der Waals surface area contributed by atoms with Crippen molar-refractivity contribution in [1.82, 2.24) is 5.32 Å². The smallest absolute Gasteiger partial charge is 0.262 e. The van der Waals surface area contributed by atoms with E-state index < -0.39 is 10.0 Å². The van der Waals surface area contributed by atoms with E-state index in [0.29, 0.717) is 35.7 Å². The van der Waals surface area contributed by atoms with E-state index in [9.17, 15) is 13.2 Å². The number of nitrogens with one attached hydrogen (secondary N) is 2. The second-order valence-corrected chi connectivity index (χ2v) is 9.25. The van der Waals surface area contributed by atoms with E-state index in [2.05, 4.69) is 10.0 Å². The van der Waals surface area contributed by atoms with Gasteiger partial charge in [-0.3, -0.25) is 9.52 Å². The van der Waals surface area contributed by atoms with E-state index in [1.807, 2.05) is 37.3 Å². The summed E-state index contributed by atoms with van der Waals surface area (Å²) < 4.78 is 39.1. The number of hydrogen-bond donors (Lipinski definition) is 2. The third-order valence-corrected chi connectivity index (χ3v) is 6.78. The molecule has 0 aliphatic heterocycles. The first-order valence-electron chi connectivity index (χ1n) is 10.4. The SMILES string of the molecule is COc1ccc(CCNC(=O)c2ccc(C)c(S(=O)(=O)Nc3ccccc3C)c2)cc1OC. The highest BCUT2D eigenvalue weighted by molar-refractivity contribution is 7.92. The summed E-state index contributed by atoms with van der Waals surface area (Å²) in [6.07, 6.45) is 0.581. The van der Waals surface area contributed by atoms with Crippen molar-refractivity contribution in [3.63, 3.8) is 0 Å². The topological polar surface area (TPSA) is 93.7 Å². The summed E-state index contributed by atoms with van der Waals surface area (Å²) in [4.78, 5) is 12.8. The first-order chi connectivity index (χ1) is 15.7. The maximum absolute atomic E-state index is 13.0. The molecule has 174 valence electrons. The summed E-state index contributed by atoms with van der Waals surface area (Å²) in [5, 5.41) is 2.84. The summed E-state index contributed by atoms with van der Waals surface area (Å²) in [5.41, 5.74) is 3.11. The molecule has 7 nitrogen and oxygen atoms in total. The van der Waals surface area contributed by atoms with Crippen LogP contribution in [0.1, 0.15) is 27.0 Å². The Kier molecular flexibility index (Phi) is 7.60. The molecule has 3 aromatic rings. The Hall–Kier alpha value is -3.52. The van der Waals surface area contributed by atoms with E-state index in [1.165, 1.54) is 6.07 Å². The van der Waals surface area contributed by atoms with Gasteiger partial charge in [0.25, 0.3) is 15.9 Å². The van der Waals surface area contributed by atoms with Crippen molar-refractivity contribution in [1.29, 1.82) is 0 Å². The van der Waals surface area contributed by atoms with Gasteiger partial charge in [-0.25, -0.2) is 8.42 Å². The standard InChI is InChI=1S/C25H28N2O5S/c1-17-7-5-6-8-21(17)27-33(29,30)24-16-20(11-9-18(24)2)25(28)26-14-13-19-10-12-22(31-3)23(15-19)32-4/h5-12,15-16,27H,13-14H2,1-4H3,(H,26,28). The summed E-state index contributed by atoms with van der Waals surface area (Å²) in [7, 11) is -0.713. The summed E-state index contributed by atoms with van der Waals surface area (Å²) in [5.74, 6) is 0.914. The molecule has 0 saturated carbocycles. The number of aryl methyl sites for hydroxylation is 2. The van der Waals surface area contributed by atoms with E-state index in [1.54, 1.807) is 45.4 Å².